The Hall–Kier alpha value is -2.88. The molecule has 0 atom stereocenters. The van der Waals surface area contributed by atoms with Crippen LogP contribution >= 0.6 is 0 Å². The van der Waals surface area contributed by atoms with Crippen molar-refractivity contribution < 1.29 is 0 Å². The Kier molecular flexibility index (Phi) is 2.39. The number of H-pyrrole nitrogens is 1. The Morgan fingerprint density at radius 1 is 1.10 bits per heavy atom. The molecule has 95 valence electrons. The molecule has 1 radical (unpaired) electrons. The highest BCUT2D eigenvalue weighted by Crippen LogP contribution is 2.26. The number of rotatable bonds is 2. The van der Waals surface area contributed by atoms with E-state index in [9.17, 15) is 0 Å². The van der Waals surface area contributed by atoms with E-state index in [0.717, 1.165) is 27.8 Å². The first kappa shape index (κ1) is 11.0. The molecule has 0 fully saturated rings. The predicted molar refractivity (Wildman–Crippen MR) is 77.5 cm³/mol. The minimum absolute atomic E-state index is 0.893. The van der Waals surface area contributed by atoms with Crippen LogP contribution in [0.4, 0.5) is 0 Å². The number of nitrogens with one attached hydrogen (secondary N) is 1. The number of fused-ring (bicyclic) bond motifs is 1. The van der Waals surface area contributed by atoms with Gasteiger partial charge in [0.2, 0.25) is 0 Å². The molecule has 20 heavy (non-hydrogen) atoms. The summed E-state index contributed by atoms with van der Waals surface area (Å²) < 4.78 is 1.86. The van der Waals surface area contributed by atoms with Gasteiger partial charge in [0.05, 0.1) is 11.9 Å². The molecule has 0 amide bonds. The monoisotopic (exact) mass is 259 g/mol. The summed E-state index contributed by atoms with van der Waals surface area (Å²) >= 11 is 0. The highest BCUT2D eigenvalue weighted by Gasteiger charge is 2.08. The zero-order valence-corrected chi connectivity index (χ0v) is 10.6. The summed E-state index contributed by atoms with van der Waals surface area (Å²) in [6.07, 6.45) is 7.61. The van der Waals surface area contributed by atoms with Crippen molar-refractivity contribution >= 4 is 11.0 Å². The van der Waals surface area contributed by atoms with Gasteiger partial charge in [-0.25, -0.2) is 9.67 Å². The quantitative estimate of drug-likeness (QED) is 0.601. The van der Waals surface area contributed by atoms with E-state index in [1.807, 2.05) is 65.9 Å². The van der Waals surface area contributed by atoms with Crippen LogP contribution < -0.4 is 0 Å². The van der Waals surface area contributed by atoms with Crippen LogP contribution in [0.5, 0.6) is 0 Å². The van der Waals surface area contributed by atoms with Crippen LogP contribution in [-0.4, -0.2) is 19.7 Å². The van der Waals surface area contributed by atoms with Crippen molar-refractivity contribution in [2.24, 2.45) is 0 Å². The number of hydrogen-bond donors (Lipinski definition) is 1. The third kappa shape index (κ3) is 1.70. The number of aromatic amines is 1. The number of nitrogens with zero attached hydrogens (tertiary/aromatic N) is 3. The van der Waals surface area contributed by atoms with Gasteiger partial charge in [0.25, 0.3) is 0 Å². The fourth-order valence-electron chi connectivity index (χ4n) is 2.35. The van der Waals surface area contributed by atoms with E-state index < -0.39 is 0 Å². The third-order valence-corrected chi connectivity index (χ3v) is 3.32. The van der Waals surface area contributed by atoms with Crippen LogP contribution in [0.3, 0.4) is 0 Å². The SMILES string of the molecule is [c]1ccc(-n2cc(-c3ccnc4[nH]ccc34)cn2)cc1. The Labute approximate surface area is 115 Å². The predicted octanol–water partition coefficient (Wildman–Crippen LogP) is 3.22. The summed E-state index contributed by atoms with van der Waals surface area (Å²) in [5, 5.41) is 5.53. The van der Waals surface area contributed by atoms with Gasteiger partial charge in [-0.3, -0.25) is 0 Å². The van der Waals surface area contributed by atoms with Gasteiger partial charge in [-0.05, 0) is 35.9 Å². The lowest BCUT2D eigenvalue weighted by atomic mass is 10.1. The van der Waals surface area contributed by atoms with Gasteiger partial charge in [0.15, 0.2) is 0 Å². The number of hydrogen-bond acceptors (Lipinski definition) is 2. The summed E-state index contributed by atoms with van der Waals surface area (Å²) in [6, 6.07) is 14.8. The zero-order valence-electron chi connectivity index (χ0n) is 10.6. The van der Waals surface area contributed by atoms with E-state index in [0.29, 0.717) is 0 Å². The molecular formula is C16H11N4. The van der Waals surface area contributed by atoms with Gasteiger partial charge >= 0.3 is 0 Å². The largest absolute Gasteiger partial charge is 0.346 e. The molecule has 0 saturated carbocycles. The molecule has 1 N–H and O–H groups in total. The van der Waals surface area contributed by atoms with Crippen LogP contribution in [-0.2, 0) is 0 Å². The van der Waals surface area contributed by atoms with Crippen molar-refractivity contribution in [3.05, 3.63) is 67.3 Å². The fraction of sp³-hybridized carbons (Fsp3) is 0. The molecule has 0 aliphatic rings. The molecule has 4 aromatic rings. The standard InChI is InChI=1S/C16H11N4/c1-2-4-13(5-3-1)20-11-12(10-19-20)14-6-8-17-16-15(14)7-9-18-16/h2-11H,(H,17,18). The Morgan fingerprint density at radius 3 is 2.90 bits per heavy atom. The third-order valence-electron chi connectivity index (χ3n) is 3.32. The normalized spacial score (nSPS) is 11.0. The lowest BCUT2D eigenvalue weighted by Crippen LogP contribution is -1.92. The molecule has 0 aliphatic carbocycles. The van der Waals surface area contributed by atoms with E-state index in [-0.39, 0.29) is 0 Å². The molecule has 3 heterocycles. The average Bonchev–Trinajstić information content (AvgIpc) is 3.17. The Morgan fingerprint density at radius 2 is 2.00 bits per heavy atom. The molecule has 0 bridgehead atoms. The maximum atomic E-state index is 4.43. The van der Waals surface area contributed by atoms with Crippen molar-refractivity contribution in [2.75, 3.05) is 0 Å². The van der Waals surface area contributed by atoms with Crippen molar-refractivity contribution in [2.45, 2.75) is 0 Å². The minimum Gasteiger partial charge on any atom is -0.346 e. The molecule has 3 aromatic heterocycles. The van der Waals surface area contributed by atoms with Gasteiger partial charge in [-0.15, -0.1) is 0 Å². The van der Waals surface area contributed by atoms with Gasteiger partial charge in [-0.2, -0.15) is 5.10 Å². The molecule has 1 aromatic carbocycles. The van der Waals surface area contributed by atoms with Crippen LogP contribution in [0.25, 0.3) is 27.8 Å². The Bertz CT molecular complexity index is 858. The first-order valence-electron chi connectivity index (χ1n) is 6.35. The van der Waals surface area contributed by atoms with Crippen LogP contribution in [0.15, 0.2) is 61.2 Å². The molecule has 0 unspecified atom stereocenters. The Balaban J connectivity index is 1.84. The van der Waals surface area contributed by atoms with E-state index in [2.05, 4.69) is 21.1 Å². The van der Waals surface area contributed by atoms with Crippen LogP contribution in [0, 0.1) is 6.07 Å². The first-order valence-corrected chi connectivity index (χ1v) is 6.35. The summed E-state index contributed by atoms with van der Waals surface area (Å²) in [5.74, 6) is 0. The number of pyridine rings is 1. The second kappa shape index (κ2) is 4.35. The number of benzene rings is 1. The fourth-order valence-corrected chi connectivity index (χ4v) is 2.35. The van der Waals surface area contributed by atoms with Gasteiger partial charge in [0, 0.05) is 29.5 Å². The van der Waals surface area contributed by atoms with E-state index >= 15 is 0 Å². The number of aromatic nitrogens is 4. The van der Waals surface area contributed by atoms with E-state index in [1.165, 1.54) is 0 Å². The summed E-state index contributed by atoms with van der Waals surface area (Å²) in [7, 11) is 0. The molecule has 4 heteroatoms. The molecular weight excluding hydrogens is 248 g/mol. The topological polar surface area (TPSA) is 46.5 Å². The van der Waals surface area contributed by atoms with Crippen molar-refractivity contribution in [1.82, 2.24) is 19.7 Å². The highest BCUT2D eigenvalue weighted by atomic mass is 15.3. The summed E-state index contributed by atoms with van der Waals surface area (Å²) in [4.78, 5) is 7.43. The van der Waals surface area contributed by atoms with Crippen molar-refractivity contribution in [3.8, 4) is 16.8 Å². The molecule has 0 spiro atoms. The smallest absolute Gasteiger partial charge is 0.137 e. The average molecular weight is 259 g/mol. The first-order chi connectivity index (χ1) is 9.92. The summed E-state index contributed by atoms with van der Waals surface area (Å²) in [6.45, 7) is 0. The van der Waals surface area contributed by atoms with Gasteiger partial charge in [0.1, 0.15) is 5.65 Å². The molecule has 4 nitrogen and oxygen atoms in total. The summed E-state index contributed by atoms with van der Waals surface area (Å²) in [5.41, 5.74) is 4.12. The molecule has 0 aliphatic heterocycles. The lowest BCUT2D eigenvalue weighted by Gasteiger charge is -2.00. The second-order valence-electron chi connectivity index (χ2n) is 4.53. The van der Waals surface area contributed by atoms with Crippen molar-refractivity contribution in [1.29, 1.82) is 0 Å². The maximum Gasteiger partial charge on any atom is 0.137 e. The minimum atomic E-state index is 0.893. The highest BCUT2D eigenvalue weighted by molar-refractivity contribution is 5.92. The van der Waals surface area contributed by atoms with Crippen molar-refractivity contribution in [3.63, 3.8) is 0 Å². The second-order valence-corrected chi connectivity index (χ2v) is 4.53. The van der Waals surface area contributed by atoms with Gasteiger partial charge in [-0.1, -0.05) is 12.1 Å². The molecule has 0 saturated heterocycles. The lowest BCUT2D eigenvalue weighted by molar-refractivity contribution is 0.880. The maximum absolute atomic E-state index is 4.43. The van der Waals surface area contributed by atoms with Gasteiger partial charge < -0.3 is 4.98 Å². The van der Waals surface area contributed by atoms with Crippen LogP contribution in [0.1, 0.15) is 0 Å². The van der Waals surface area contributed by atoms with E-state index in [4.69, 9.17) is 0 Å². The zero-order chi connectivity index (χ0) is 13.4. The van der Waals surface area contributed by atoms with Crippen LogP contribution in [0.2, 0.25) is 0 Å². The van der Waals surface area contributed by atoms with E-state index in [1.54, 1.807) is 0 Å². The molecule has 4 rings (SSSR count).